The van der Waals surface area contributed by atoms with E-state index < -0.39 is 0 Å². The molecule has 0 aromatic heterocycles. The molecule has 0 bridgehead atoms. The summed E-state index contributed by atoms with van der Waals surface area (Å²) >= 11 is 0. The Balaban J connectivity index is 1.28. The van der Waals surface area contributed by atoms with Gasteiger partial charge in [0.05, 0.1) is 5.54 Å². The van der Waals surface area contributed by atoms with E-state index in [9.17, 15) is 4.79 Å². The summed E-state index contributed by atoms with van der Waals surface area (Å²) in [5.74, 6) is 4.56. The van der Waals surface area contributed by atoms with Gasteiger partial charge in [0.25, 0.3) is 5.91 Å². The standard InChI is InChI=1S/C31H46N2O/c1-20(32(4)5)24-13-14-25-22-12-11-21-19-31(27-10-8-7-9-23(27)28(34)33(31)6)18-17-29(21,2)26(22)15-16-30(24,25)3/h7-10,20-22,24-26H,11-19H2,1-6H3/t20?,21?,22?,24-,25?,26?,29+,30-,31?/m1/s1. The second-order valence-electron chi connectivity index (χ2n) is 13.7. The van der Waals surface area contributed by atoms with Crippen molar-refractivity contribution >= 4 is 5.91 Å². The van der Waals surface area contributed by atoms with Gasteiger partial charge in [-0.2, -0.15) is 0 Å². The van der Waals surface area contributed by atoms with Crippen LogP contribution in [0.1, 0.15) is 94.5 Å². The minimum Gasteiger partial charge on any atom is -0.332 e. The molecular weight excluding hydrogens is 416 g/mol. The van der Waals surface area contributed by atoms with Crippen LogP contribution in [0.2, 0.25) is 0 Å². The van der Waals surface area contributed by atoms with Crippen LogP contribution >= 0.6 is 0 Å². The molecule has 0 N–H and O–H groups in total. The molecule has 3 heteroatoms. The Hall–Kier alpha value is -1.35. The van der Waals surface area contributed by atoms with Crippen LogP contribution in [0, 0.1) is 40.4 Å². The first-order valence-corrected chi connectivity index (χ1v) is 14.2. The summed E-state index contributed by atoms with van der Waals surface area (Å²) in [5.41, 5.74) is 3.19. The molecular formula is C31H46N2O. The van der Waals surface area contributed by atoms with E-state index in [2.05, 4.69) is 69.9 Å². The molecule has 1 spiro atoms. The normalized spacial score (nSPS) is 46.3. The third-order valence-corrected chi connectivity index (χ3v) is 12.8. The molecule has 6 unspecified atom stereocenters. The molecule has 1 heterocycles. The van der Waals surface area contributed by atoms with E-state index >= 15 is 0 Å². The molecule has 6 rings (SSSR count). The first-order chi connectivity index (χ1) is 16.1. The summed E-state index contributed by atoms with van der Waals surface area (Å²) in [4.78, 5) is 17.8. The average molecular weight is 463 g/mol. The topological polar surface area (TPSA) is 23.6 Å². The first-order valence-electron chi connectivity index (χ1n) is 14.2. The second kappa shape index (κ2) is 7.58. The van der Waals surface area contributed by atoms with Gasteiger partial charge in [-0.15, -0.1) is 0 Å². The van der Waals surface area contributed by atoms with Gasteiger partial charge in [-0.25, -0.2) is 0 Å². The van der Waals surface area contributed by atoms with Crippen molar-refractivity contribution in [1.29, 1.82) is 0 Å². The molecule has 5 aliphatic rings. The second-order valence-corrected chi connectivity index (χ2v) is 13.7. The van der Waals surface area contributed by atoms with Gasteiger partial charge in [0, 0.05) is 18.7 Å². The van der Waals surface area contributed by atoms with Crippen molar-refractivity contribution in [2.45, 2.75) is 90.1 Å². The molecule has 9 atom stereocenters. The Morgan fingerprint density at radius 3 is 2.44 bits per heavy atom. The highest BCUT2D eigenvalue weighted by molar-refractivity contribution is 5.99. The Bertz CT molecular complexity index is 987. The van der Waals surface area contributed by atoms with E-state index in [0.29, 0.717) is 16.9 Å². The Kier molecular flexibility index (Phi) is 5.14. The lowest BCUT2D eigenvalue weighted by molar-refractivity contribution is -0.134. The van der Waals surface area contributed by atoms with E-state index in [0.717, 1.165) is 41.6 Å². The van der Waals surface area contributed by atoms with E-state index in [1.807, 2.05) is 6.07 Å². The predicted octanol–water partition coefficient (Wildman–Crippen LogP) is 6.58. The Morgan fingerprint density at radius 2 is 1.68 bits per heavy atom. The van der Waals surface area contributed by atoms with Crippen molar-refractivity contribution in [3.05, 3.63) is 35.4 Å². The highest BCUT2D eigenvalue weighted by atomic mass is 16.2. The molecule has 1 aromatic carbocycles. The van der Waals surface area contributed by atoms with Gasteiger partial charge < -0.3 is 9.80 Å². The summed E-state index contributed by atoms with van der Waals surface area (Å²) in [6, 6.07) is 9.17. The van der Waals surface area contributed by atoms with Gasteiger partial charge in [0.1, 0.15) is 0 Å². The minimum atomic E-state index is -0.0620. The minimum absolute atomic E-state index is 0.0620. The Morgan fingerprint density at radius 1 is 0.941 bits per heavy atom. The maximum Gasteiger partial charge on any atom is 0.254 e. The number of carbonyl (C=O) groups excluding carboxylic acids is 1. The lowest BCUT2D eigenvalue weighted by Gasteiger charge is -2.63. The highest BCUT2D eigenvalue weighted by Gasteiger charge is 2.63. The van der Waals surface area contributed by atoms with Gasteiger partial charge in [0.2, 0.25) is 0 Å². The summed E-state index contributed by atoms with van der Waals surface area (Å²) in [6.45, 7) is 7.81. The number of carbonyl (C=O) groups is 1. The zero-order chi connectivity index (χ0) is 24.0. The quantitative estimate of drug-likeness (QED) is 0.496. The summed E-state index contributed by atoms with van der Waals surface area (Å²) in [7, 11) is 6.63. The zero-order valence-corrected chi connectivity index (χ0v) is 22.4. The SMILES string of the molecule is CC([C@H]1CCC2C3CCC4CC5(CC[C@]4(C)C3CC[C@@]21C)c1ccccc1C(=O)N5C)N(C)C. The number of fused-ring (bicyclic) bond motifs is 7. The van der Waals surface area contributed by atoms with Crippen molar-refractivity contribution < 1.29 is 4.79 Å². The van der Waals surface area contributed by atoms with E-state index in [4.69, 9.17) is 0 Å². The van der Waals surface area contributed by atoms with Crippen LogP contribution < -0.4 is 0 Å². The molecule has 4 aliphatic carbocycles. The summed E-state index contributed by atoms with van der Waals surface area (Å²) < 4.78 is 0. The molecule has 4 fully saturated rings. The van der Waals surface area contributed by atoms with Crippen LogP contribution in [0.4, 0.5) is 0 Å². The van der Waals surface area contributed by atoms with Crippen molar-refractivity contribution in [2.24, 2.45) is 40.4 Å². The fourth-order valence-electron chi connectivity index (χ4n) is 10.6. The zero-order valence-electron chi connectivity index (χ0n) is 22.4. The lowest BCUT2D eigenvalue weighted by Crippen LogP contribution is -2.57. The molecule has 3 nitrogen and oxygen atoms in total. The number of amides is 1. The third-order valence-electron chi connectivity index (χ3n) is 12.8. The number of nitrogens with zero attached hydrogens (tertiary/aromatic N) is 2. The first kappa shape index (κ1) is 23.1. The molecule has 0 radical (unpaired) electrons. The number of rotatable bonds is 2. The van der Waals surface area contributed by atoms with Crippen molar-refractivity contribution in [3.63, 3.8) is 0 Å². The third kappa shape index (κ3) is 2.83. The molecule has 1 amide bonds. The molecule has 1 aliphatic heterocycles. The van der Waals surface area contributed by atoms with E-state index in [1.54, 1.807) is 0 Å². The fourth-order valence-corrected chi connectivity index (χ4v) is 10.6. The summed E-state index contributed by atoms with van der Waals surface area (Å²) in [6.07, 6.45) is 12.1. The summed E-state index contributed by atoms with van der Waals surface area (Å²) in [5, 5.41) is 0. The van der Waals surface area contributed by atoms with Crippen LogP contribution in [0.5, 0.6) is 0 Å². The van der Waals surface area contributed by atoms with Crippen LogP contribution in [0.25, 0.3) is 0 Å². The Labute approximate surface area is 207 Å². The van der Waals surface area contributed by atoms with Gasteiger partial charge in [0.15, 0.2) is 0 Å². The van der Waals surface area contributed by atoms with Crippen molar-refractivity contribution in [3.8, 4) is 0 Å². The maximum absolute atomic E-state index is 13.2. The molecule has 186 valence electrons. The van der Waals surface area contributed by atoms with Crippen molar-refractivity contribution in [1.82, 2.24) is 9.80 Å². The van der Waals surface area contributed by atoms with Crippen molar-refractivity contribution in [2.75, 3.05) is 21.1 Å². The van der Waals surface area contributed by atoms with Crippen LogP contribution in [0.15, 0.2) is 24.3 Å². The van der Waals surface area contributed by atoms with E-state index in [-0.39, 0.29) is 11.4 Å². The van der Waals surface area contributed by atoms with Crippen LogP contribution in [-0.4, -0.2) is 42.9 Å². The average Bonchev–Trinajstić information content (AvgIpc) is 3.28. The fraction of sp³-hybridized carbons (Fsp3) is 0.774. The van der Waals surface area contributed by atoms with Gasteiger partial charge in [-0.05, 0) is 131 Å². The largest absolute Gasteiger partial charge is 0.332 e. The van der Waals surface area contributed by atoms with Gasteiger partial charge >= 0.3 is 0 Å². The number of hydrogen-bond acceptors (Lipinski definition) is 2. The molecule has 1 aromatic rings. The lowest BCUT2D eigenvalue weighted by atomic mass is 9.43. The van der Waals surface area contributed by atoms with Crippen LogP contribution in [-0.2, 0) is 5.54 Å². The maximum atomic E-state index is 13.2. The van der Waals surface area contributed by atoms with E-state index in [1.165, 1.54) is 56.9 Å². The monoisotopic (exact) mass is 462 g/mol. The number of benzene rings is 1. The number of hydrogen-bond donors (Lipinski definition) is 0. The van der Waals surface area contributed by atoms with Gasteiger partial charge in [-0.3, -0.25) is 4.79 Å². The smallest absolute Gasteiger partial charge is 0.254 e. The molecule has 0 saturated heterocycles. The highest BCUT2D eigenvalue weighted by Crippen LogP contribution is 2.69. The molecule has 34 heavy (non-hydrogen) atoms. The molecule has 4 saturated carbocycles. The van der Waals surface area contributed by atoms with Crippen LogP contribution in [0.3, 0.4) is 0 Å². The predicted molar refractivity (Wildman–Crippen MR) is 139 cm³/mol. The van der Waals surface area contributed by atoms with Gasteiger partial charge in [-0.1, -0.05) is 32.0 Å².